The maximum Gasteiger partial charge on any atom is 0.274 e. The van der Waals surface area contributed by atoms with Crippen LogP contribution < -0.4 is 5.32 Å². The highest BCUT2D eigenvalue weighted by Crippen LogP contribution is 2.06. The molecule has 2 rings (SSSR count). The number of rotatable bonds is 2. The number of carbonyl (C=O) groups is 1. The average molecular weight is 223 g/mol. The molecule has 0 aromatic carbocycles. The van der Waals surface area contributed by atoms with Crippen LogP contribution >= 0.6 is 11.6 Å². The molecule has 0 atom stereocenters. The summed E-state index contributed by atoms with van der Waals surface area (Å²) in [7, 11) is 0. The van der Waals surface area contributed by atoms with E-state index in [-0.39, 0.29) is 17.0 Å². The van der Waals surface area contributed by atoms with E-state index in [0.717, 1.165) is 0 Å². The lowest BCUT2D eigenvalue weighted by Gasteiger charge is -2.01. The largest absolute Gasteiger partial charge is 0.357 e. The predicted octanol–water partition coefficient (Wildman–Crippen LogP) is 1.71. The smallest absolute Gasteiger partial charge is 0.274 e. The van der Waals surface area contributed by atoms with E-state index in [1.54, 1.807) is 18.3 Å². The summed E-state index contributed by atoms with van der Waals surface area (Å²) in [4.78, 5) is 22.0. The fraction of sp³-hybridized carbons (Fsp3) is 0. The molecule has 2 aromatic heterocycles. The summed E-state index contributed by atoms with van der Waals surface area (Å²) < 4.78 is 0. The summed E-state index contributed by atoms with van der Waals surface area (Å²) in [5.74, 6) is -0.121. The second-order valence-corrected chi connectivity index (χ2v) is 3.13. The van der Waals surface area contributed by atoms with Gasteiger partial charge in [-0.25, -0.2) is 9.97 Å². The summed E-state index contributed by atoms with van der Waals surface area (Å²) in [6, 6.07) is 4.92. The van der Waals surface area contributed by atoms with E-state index in [1.807, 2.05) is 0 Å². The number of hydrogen-bond acceptors (Lipinski definition) is 3. The van der Waals surface area contributed by atoms with Gasteiger partial charge < -0.3 is 4.98 Å². The maximum absolute atomic E-state index is 11.5. The van der Waals surface area contributed by atoms with Gasteiger partial charge in [0.25, 0.3) is 5.91 Å². The topological polar surface area (TPSA) is 70.7 Å². The van der Waals surface area contributed by atoms with Gasteiger partial charge in [-0.1, -0.05) is 11.6 Å². The molecule has 0 fully saturated rings. The number of halogens is 1. The van der Waals surface area contributed by atoms with Crippen molar-refractivity contribution in [1.29, 1.82) is 0 Å². The molecular weight excluding hydrogens is 216 g/mol. The number of aromatic nitrogens is 3. The van der Waals surface area contributed by atoms with Crippen molar-refractivity contribution in [3.8, 4) is 0 Å². The molecule has 2 aromatic rings. The van der Waals surface area contributed by atoms with Gasteiger partial charge in [0, 0.05) is 12.4 Å². The third-order valence-corrected chi connectivity index (χ3v) is 1.90. The molecule has 0 saturated carbocycles. The highest BCUT2D eigenvalue weighted by atomic mass is 35.5. The Kier molecular flexibility index (Phi) is 2.64. The molecule has 15 heavy (non-hydrogen) atoms. The zero-order valence-electron chi connectivity index (χ0n) is 7.57. The Morgan fingerprint density at radius 1 is 1.47 bits per heavy atom. The molecule has 2 heterocycles. The normalized spacial score (nSPS) is 9.93. The number of amides is 1. The van der Waals surface area contributed by atoms with Gasteiger partial charge in [-0.05, 0) is 18.2 Å². The number of carbonyl (C=O) groups excluding carboxylic acids is 1. The molecule has 5 nitrogen and oxygen atoms in total. The van der Waals surface area contributed by atoms with Crippen LogP contribution in [0.3, 0.4) is 0 Å². The molecule has 2 N–H and O–H groups in total. The van der Waals surface area contributed by atoms with Gasteiger partial charge in [-0.15, -0.1) is 0 Å². The van der Waals surface area contributed by atoms with Crippen molar-refractivity contribution in [2.24, 2.45) is 0 Å². The van der Waals surface area contributed by atoms with Crippen molar-refractivity contribution in [1.82, 2.24) is 15.0 Å². The van der Waals surface area contributed by atoms with Gasteiger partial charge in [0.15, 0.2) is 0 Å². The van der Waals surface area contributed by atoms with Gasteiger partial charge in [0.2, 0.25) is 5.95 Å². The van der Waals surface area contributed by atoms with E-state index in [1.165, 1.54) is 12.3 Å². The number of aromatic amines is 1. The van der Waals surface area contributed by atoms with Crippen LogP contribution in [0, 0.1) is 0 Å². The van der Waals surface area contributed by atoms with E-state index >= 15 is 0 Å². The molecule has 0 aliphatic carbocycles. The molecule has 1 amide bonds. The lowest BCUT2D eigenvalue weighted by molar-refractivity contribution is 0.102. The average Bonchev–Trinajstić information content (AvgIpc) is 2.70. The second kappa shape index (κ2) is 4.10. The summed E-state index contributed by atoms with van der Waals surface area (Å²) in [5, 5.41) is 2.79. The Morgan fingerprint density at radius 3 is 3.00 bits per heavy atom. The Morgan fingerprint density at radius 2 is 2.33 bits per heavy atom. The lowest BCUT2D eigenvalue weighted by Crippen LogP contribution is -2.14. The molecule has 0 radical (unpaired) electrons. The molecule has 0 spiro atoms. The van der Waals surface area contributed by atoms with Crippen molar-refractivity contribution in [2.45, 2.75) is 0 Å². The van der Waals surface area contributed by atoms with Crippen LogP contribution in [-0.4, -0.2) is 20.9 Å². The zero-order chi connectivity index (χ0) is 10.7. The van der Waals surface area contributed by atoms with Crippen LogP contribution in [0.2, 0.25) is 5.15 Å². The van der Waals surface area contributed by atoms with Crippen LogP contribution in [0.1, 0.15) is 10.5 Å². The van der Waals surface area contributed by atoms with Gasteiger partial charge in [-0.2, -0.15) is 0 Å². The molecule has 6 heteroatoms. The first-order valence-corrected chi connectivity index (χ1v) is 4.57. The Balaban J connectivity index is 2.13. The SMILES string of the molecule is O=C(Nc1nccc(Cl)n1)c1ccc[nH]1. The summed E-state index contributed by atoms with van der Waals surface area (Å²) in [5.41, 5.74) is 0.443. The lowest BCUT2D eigenvalue weighted by atomic mass is 10.4. The highest BCUT2D eigenvalue weighted by molar-refractivity contribution is 6.29. The maximum atomic E-state index is 11.5. The molecule has 0 aliphatic rings. The first kappa shape index (κ1) is 9.67. The summed E-state index contributed by atoms with van der Waals surface area (Å²) >= 11 is 5.64. The Hall–Kier alpha value is -1.88. The van der Waals surface area contributed by atoms with E-state index in [4.69, 9.17) is 11.6 Å². The van der Waals surface area contributed by atoms with Gasteiger partial charge >= 0.3 is 0 Å². The van der Waals surface area contributed by atoms with Crippen molar-refractivity contribution in [3.63, 3.8) is 0 Å². The number of H-pyrrole nitrogens is 1. The third kappa shape index (κ3) is 2.32. The predicted molar refractivity (Wildman–Crippen MR) is 55.8 cm³/mol. The van der Waals surface area contributed by atoms with Crippen molar-refractivity contribution < 1.29 is 4.79 Å². The summed E-state index contributed by atoms with van der Waals surface area (Å²) in [6.07, 6.45) is 3.13. The fourth-order valence-electron chi connectivity index (χ4n) is 1.04. The van der Waals surface area contributed by atoms with Crippen LogP contribution in [0.25, 0.3) is 0 Å². The minimum atomic E-state index is -0.303. The van der Waals surface area contributed by atoms with Crippen molar-refractivity contribution >= 4 is 23.5 Å². The Bertz CT molecular complexity index is 469. The first-order valence-electron chi connectivity index (χ1n) is 4.19. The minimum absolute atomic E-state index is 0.182. The van der Waals surface area contributed by atoms with E-state index < -0.39 is 0 Å². The van der Waals surface area contributed by atoms with Crippen LogP contribution in [-0.2, 0) is 0 Å². The van der Waals surface area contributed by atoms with Crippen molar-refractivity contribution in [2.75, 3.05) is 5.32 Å². The number of hydrogen-bond donors (Lipinski definition) is 2. The van der Waals surface area contributed by atoms with Crippen LogP contribution in [0.4, 0.5) is 5.95 Å². The molecule has 0 unspecified atom stereocenters. The molecule has 0 saturated heterocycles. The van der Waals surface area contributed by atoms with Gasteiger partial charge in [0.05, 0.1) is 0 Å². The molecule has 0 bridgehead atoms. The molecular formula is C9H7ClN4O. The quantitative estimate of drug-likeness (QED) is 0.760. The number of nitrogens with zero attached hydrogens (tertiary/aromatic N) is 2. The van der Waals surface area contributed by atoms with Gasteiger partial charge in [0.1, 0.15) is 10.8 Å². The summed E-state index contributed by atoms with van der Waals surface area (Å²) in [6.45, 7) is 0. The second-order valence-electron chi connectivity index (χ2n) is 2.74. The fourth-order valence-corrected chi connectivity index (χ4v) is 1.17. The van der Waals surface area contributed by atoms with Crippen LogP contribution in [0.15, 0.2) is 30.6 Å². The first-order chi connectivity index (χ1) is 7.25. The Labute approximate surface area is 90.5 Å². The van der Waals surface area contributed by atoms with Crippen LogP contribution in [0.5, 0.6) is 0 Å². The van der Waals surface area contributed by atoms with E-state index in [9.17, 15) is 4.79 Å². The van der Waals surface area contributed by atoms with E-state index in [0.29, 0.717) is 5.69 Å². The molecule has 76 valence electrons. The number of nitrogens with one attached hydrogen (secondary N) is 2. The van der Waals surface area contributed by atoms with E-state index in [2.05, 4.69) is 20.3 Å². The number of anilines is 1. The third-order valence-electron chi connectivity index (χ3n) is 1.69. The van der Waals surface area contributed by atoms with Crippen molar-refractivity contribution in [3.05, 3.63) is 41.4 Å². The zero-order valence-corrected chi connectivity index (χ0v) is 8.32. The molecule has 0 aliphatic heterocycles. The highest BCUT2D eigenvalue weighted by Gasteiger charge is 2.07. The monoisotopic (exact) mass is 222 g/mol. The standard InChI is InChI=1S/C9H7ClN4O/c10-7-3-5-12-9(13-7)14-8(15)6-2-1-4-11-6/h1-5,11H,(H,12,13,14,15). The minimum Gasteiger partial charge on any atom is -0.357 e. The van der Waals surface area contributed by atoms with Gasteiger partial charge in [-0.3, -0.25) is 10.1 Å².